The monoisotopic (exact) mass is 472 g/mol. The molecule has 170 valence electrons. The first-order valence-corrected chi connectivity index (χ1v) is 12.1. The zero-order chi connectivity index (χ0) is 23.4. The second kappa shape index (κ2) is 7.65. The normalized spacial score (nSPS) is 14.7. The molecular weight excluding hydrogens is 453 g/mol. The molecule has 0 unspecified atom stereocenters. The summed E-state index contributed by atoms with van der Waals surface area (Å²) < 4.78 is 66.1. The van der Waals surface area contributed by atoms with Gasteiger partial charge in [-0.3, -0.25) is 9.38 Å². The largest absolute Gasteiger partial charge is 0.433 e. The van der Waals surface area contributed by atoms with Gasteiger partial charge in [0, 0.05) is 24.0 Å². The third-order valence-electron chi connectivity index (χ3n) is 5.74. The highest BCUT2D eigenvalue weighted by atomic mass is 32.2. The Morgan fingerprint density at radius 3 is 2.42 bits per heavy atom. The van der Waals surface area contributed by atoms with Gasteiger partial charge >= 0.3 is 6.18 Å². The van der Waals surface area contributed by atoms with Crippen LogP contribution < -0.4 is 0 Å². The number of fused-ring (bicyclic) bond motifs is 1. The Morgan fingerprint density at radius 1 is 1.06 bits per heavy atom. The van der Waals surface area contributed by atoms with Crippen molar-refractivity contribution in [1.82, 2.24) is 19.4 Å². The molecule has 1 fully saturated rings. The first-order chi connectivity index (χ1) is 15.7. The maximum atomic E-state index is 13.0. The highest BCUT2D eigenvalue weighted by molar-refractivity contribution is 7.91. The molecule has 1 aromatic carbocycles. The Morgan fingerprint density at radius 2 is 1.79 bits per heavy atom. The molecule has 1 aliphatic carbocycles. The minimum atomic E-state index is -4.61. The van der Waals surface area contributed by atoms with Crippen molar-refractivity contribution < 1.29 is 21.6 Å². The summed E-state index contributed by atoms with van der Waals surface area (Å²) >= 11 is 0. The van der Waals surface area contributed by atoms with Gasteiger partial charge in [0.15, 0.2) is 9.84 Å². The highest BCUT2D eigenvalue weighted by Crippen LogP contribution is 2.40. The van der Waals surface area contributed by atoms with Crippen molar-refractivity contribution in [3.8, 4) is 22.5 Å². The number of nitrogens with zero attached hydrogens (tertiary/aromatic N) is 4. The summed E-state index contributed by atoms with van der Waals surface area (Å²) in [6.07, 6.45) is 1.74. The van der Waals surface area contributed by atoms with E-state index < -0.39 is 21.7 Å². The van der Waals surface area contributed by atoms with Crippen molar-refractivity contribution in [2.75, 3.05) is 5.75 Å². The Kier molecular flexibility index (Phi) is 5.00. The molecule has 5 rings (SSSR count). The van der Waals surface area contributed by atoms with Gasteiger partial charge in [0.2, 0.25) is 0 Å². The number of halogens is 3. The number of alkyl halides is 3. The molecule has 3 heterocycles. The summed E-state index contributed by atoms with van der Waals surface area (Å²) in [7, 11) is -3.70. The molecule has 4 aromatic rings. The number of sulfone groups is 1. The predicted octanol–water partition coefficient (Wildman–Crippen LogP) is 5.15. The number of hydrogen-bond acceptors (Lipinski definition) is 5. The molecule has 6 nitrogen and oxygen atoms in total. The summed E-state index contributed by atoms with van der Waals surface area (Å²) in [5.41, 5.74) is 1.89. The standard InChI is InChI=1S/C23H19F3N4O2S/c1-2-33(31,32)19-9-17(16-7-5-15(6-8-16)14-3-4-14)11-27-22(19)18-12-30-13-28-20(23(24,25)26)10-21(30)29-18/h5-14H,2-4H2,1H3. The average Bonchev–Trinajstić information content (AvgIpc) is 3.56. The second-order valence-corrected chi connectivity index (χ2v) is 10.3. The van der Waals surface area contributed by atoms with E-state index in [1.54, 1.807) is 12.3 Å². The lowest BCUT2D eigenvalue weighted by Gasteiger charge is -2.10. The minimum absolute atomic E-state index is 0.00582. The Balaban J connectivity index is 1.61. The van der Waals surface area contributed by atoms with Crippen molar-refractivity contribution in [2.45, 2.75) is 36.8 Å². The maximum absolute atomic E-state index is 13.0. The Hall–Kier alpha value is -3.27. The van der Waals surface area contributed by atoms with Gasteiger partial charge in [-0.1, -0.05) is 31.2 Å². The summed E-state index contributed by atoms with van der Waals surface area (Å²) in [5, 5.41) is 0. The Labute approximate surface area is 188 Å². The van der Waals surface area contributed by atoms with Gasteiger partial charge in [0.25, 0.3) is 0 Å². The second-order valence-electron chi connectivity index (χ2n) is 8.03. The number of pyridine rings is 1. The highest BCUT2D eigenvalue weighted by Gasteiger charge is 2.33. The van der Waals surface area contributed by atoms with Gasteiger partial charge in [0.1, 0.15) is 29.1 Å². The lowest BCUT2D eigenvalue weighted by Crippen LogP contribution is -2.08. The summed E-state index contributed by atoms with van der Waals surface area (Å²) in [5.74, 6) is 0.455. The smallest absolute Gasteiger partial charge is 0.290 e. The van der Waals surface area contributed by atoms with Crippen LogP contribution in [0.25, 0.3) is 28.2 Å². The van der Waals surface area contributed by atoms with E-state index in [0.29, 0.717) is 11.5 Å². The summed E-state index contributed by atoms with van der Waals surface area (Å²) in [6.45, 7) is 1.53. The van der Waals surface area contributed by atoms with Gasteiger partial charge < -0.3 is 0 Å². The van der Waals surface area contributed by atoms with Crippen LogP contribution in [0, 0.1) is 0 Å². The fourth-order valence-electron chi connectivity index (χ4n) is 3.71. The predicted molar refractivity (Wildman–Crippen MR) is 116 cm³/mol. The molecule has 0 aliphatic heterocycles. The number of hydrogen-bond donors (Lipinski definition) is 0. The molecule has 0 N–H and O–H groups in total. The lowest BCUT2D eigenvalue weighted by atomic mass is 10.0. The van der Waals surface area contributed by atoms with E-state index in [-0.39, 0.29) is 27.7 Å². The first-order valence-electron chi connectivity index (χ1n) is 10.4. The van der Waals surface area contributed by atoms with Gasteiger partial charge in [-0.15, -0.1) is 0 Å². The van der Waals surface area contributed by atoms with Crippen LogP contribution in [0.4, 0.5) is 13.2 Å². The van der Waals surface area contributed by atoms with Gasteiger partial charge in [-0.05, 0) is 36.0 Å². The van der Waals surface area contributed by atoms with Crippen molar-refractivity contribution in [3.63, 3.8) is 0 Å². The molecular formula is C23H19F3N4O2S. The van der Waals surface area contributed by atoms with Crippen LogP contribution in [-0.2, 0) is 16.0 Å². The fraction of sp³-hybridized carbons (Fsp3) is 0.261. The zero-order valence-corrected chi connectivity index (χ0v) is 18.4. The van der Waals surface area contributed by atoms with Crippen molar-refractivity contribution in [1.29, 1.82) is 0 Å². The van der Waals surface area contributed by atoms with Crippen LogP contribution in [0.3, 0.4) is 0 Å². The van der Waals surface area contributed by atoms with Crippen molar-refractivity contribution in [3.05, 3.63) is 66.4 Å². The van der Waals surface area contributed by atoms with E-state index in [1.807, 2.05) is 24.3 Å². The van der Waals surface area contributed by atoms with E-state index >= 15 is 0 Å². The van der Waals surface area contributed by atoms with Crippen LogP contribution in [-0.4, -0.2) is 33.5 Å². The topological polar surface area (TPSA) is 77.2 Å². The van der Waals surface area contributed by atoms with E-state index in [9.17, 15) is 21.6 Å². The van der Waals surface area contributed by atoms with Gasteiger partial charge in [0.05, 0.1) is 10.6 Å². The number of aromatic nitrogens is 4. The van der Waals surface area contributed by atoms with Crippen molar-refractivity contribution in [2.24, 2.45) is 0 Å². The van der Waals surface area contributed by atoms with Crippen LogP contribution >= 0.6 is 0 Å². The first kappa shape index (κ1) is 21.6. The zero-order valence-electron chi connectivity index (χ0n) is 17.5. The number of imidazole rings is 1. The SMILES string of the molecule is CCS(=O)(=O)c1cc(-c2ccc(C3CC3)cc2)cnc1-c1cn2cnc(C(F)(F)F)cc2n1. The molecule has 33 heavy (non-hydrogen) atoms. The molecule has 0 amide bonds. The van der Waals surface area contributed by atoms with Crippen LogP contribution in [0.2, 0.25) is 0 Å². The van der Waals surface area contributed by atoms with E-state index in [2.05, 4.69) is 15.0 Å². The molecule has 3 aromatic heterocycles. The van der Waals surface area contributed by atoms with Crippen LogP contribution in [0.15, 0.2) is 60.0 Å². The lowest BCUT2D eigenvalue weighted by molar-refractivity contribution is -0.141. The molecule has 0 atom stereocenters. The molecule has 0 bridgehead atoms. The number of benzene rings is 1. The molecule has 1 aliphatic rings. The van der Waals surface area contributed by atoms with Crippen molar-refractivity contribution >= 4 is 15.5 Å². The van der Waals surface area contributed by atoms with Gasteiger partial charge in [-0.2, -0.15) is 13.2 Å². The van der Waals surface area contributed by atoms with E-state index in [0.717, 1.165) is 18.0 Å². The summed E-state index contributed by atoms with van der Waals surface area (Å²) in [4.78, 5) is 12.0. The van der Waals surface area contributed by atoms with Crippen LogP contribution in [0.1, 0.15) is 36.9 Å². The molecule has 1 saturated carbocycles. The average molecular weight is 472 g/mol. The summed E-state index contributed by atoms with van der Waals surface area (Å²) in [6, 6.07) is 10.3. The molecule has 0 saturated heterocycles. The van der Waals surface area contributed by atoms with Gasteiger partial charge in [-0.25, -0.2) is 18.4 Å². The molecule has 0 radical (unpaired) electrons. The Bertz CT molecular complexity index is 1460. The molecule has 0 spiro atoms. The third kappa shape index (κ3) is 4.10. The van der Waals surface area contributed by atoms with E-state index in [4.69, 9.17) is 0 Å². The third-order valence-corrected chi connectivity index (χ3v) is 7.48. The quantitative estimate of drug-likeness (QED) is 0.402. The minimum Gasteiger partial charge on any atom is -0.290 e. The molecule has 10 heteroatoms. The number of rotatable bonds is 5. The maximum Gasteiger partial charge on any atom is 0.433 e. The fourth-order valence-corrected chi connectivity index (χ4v) is 4.78. The van der Waals surface area contributed by atoms with E-state index in [1.165, 1.54) is 35.9 Å². The van der Waals surface area contributed by atoms with Crippen LogP contribution in [0.5, 0.6) is 0 Å².